The van der Waals surface area contributed by atoms with Gasteiger partial charge in [0.2, 0.25) is 11.8 Å². The van der Waals surface area contributed by atoms with Crippen molar-refractivity contribution in [3.05, 3.63) is 0 Å². The number of rotatable bonds is 22. The minimum Gasteiger partial charge on any atom is -0.383 e. The Balaban J connectivity index is -0.000000608. The molecule has 0 aromatic heterocycles. The van der Waals surface area contributed by atoms with Gasteiger partial charge in [0.1, 0.15) is 11.6 Å². The second-order valence-corrected chi connectivity index (χ2v) is 8.37. The number of methoxy groups -OCH3 is 4. The van der Waals surface area contributed by atoms with Crippen molar-refractivity contribution >= 4 is 23.4 Å². The van der Waals surface area contributed by atoms with Gasteiger partial charge in [0.25, 0.3) is 0 Å². The van der Waals surface area contributed by atoms with Crippen LogP contribution in [-0.2, 0) is 57.6 Å². The molecule has 2 amide bonds. The van der Waals surface area contributed by atoms with Crippen LogP contribution in [0.2, 0.25) is 0 Å². The Morgan fingerprint density at radius 3 is 1.03 bits per heavy atom. The fourth-order valence-electron chi connectivity index (χ4n) is 3.01. The van der Waals surface area contributed by atoms with Crippen LogP contribution in [0.15, 0.2) is 0 Å². The molecule has 0 aromatic rings. The number of carbonyl (C=O) groups excluding carboxylic acids is 4. The molecule has 0 aliphatic heterocycles. The largest absolute Gasteiger partial charge is 2.00 e. The van der Waals surface area contributed by atoms with Crippen LogP contribution in [0.4, 0.5) is 0 Å². The van der Waals surface area contributed by atoms with Gasteiger partial charge in [0.05, 0.1) is 39.3 Å². The van der Waals surface area contributed by atoms with E-state index in [1.165, 1.54) is 0 Å². The zero-order valence-corrected chi connectivity index (χ0v) is 27.1. The van der Waals surface area contributed by atoms with Gasteiger partial charge in [-0.2, -0.15) is 0 Å². The van der Waals surface area contributed by atoms with Crippen molar-refractivity contribution in [3.8, 4) is 0 Å². The molecule has 0 saturated heterocycles. The van der Waals surface area contributed by atoms with Crippen molar-refractivity contribution in [2.45, 2.75) is 65.2 Å². The second kappa shape index (κ2) is 29.3. The summed E-state index contributed by atoms with van der Waals surface area (Å²) in [6.07, 6.45) is 4.61. The maximum Gasteiger partial charge on any atom is 2.00 e. The summed E-state index contributed by atoms with van der Waals surface area (Å²) in [6.45, 7) is 7.94. The van der Waals surface area contributed by atoms with E-state index in [1.54, 1.807) is 38.2 Å². The van der Waals surface area contributed by atoms with Gasteiger partial charge < -0.3 is 28.7 Å². The first kappa shape index (κ1) is 40.2. The molecule has 0 aromatic carbocycles. The van der Waals surface area contributed by atoms with Gasteiger partial charge in [-0.25, -0.2) is 0 Å². The summed E-state index contributed by atoms with van der Waals surface area (Å²) in [4.78, 5) is 50.2. The third-order valence-electron chi connectivity index (χ3n) is 5.28. The average Bonchev–Trinajstić information content (AvgIpc) is 2.86. The topological polar surface area (TPSA) is 112 Å². The number of Topliss-reactive ketones (excluding diaryl/α,β-unsaturated/α-hetero) is 2. The standard InChI is InChI=1S/2C13H25NO4.Zn/c2*1-4-5-6-12(15)11-13(16)14(7-9-17-2)8-10-18-3;/h2*4-11H2,1-3H3;/q;;+2. The first-order valence-corrected chi connectivity index (χ1v) is 12.9. The molecule has 11 heteroatoms. The minimum atomic E-state index is -0.134. The van der Waals surface area contributed by atoms with E-state index in [2.05, 4.69) is 0 Å². The predicted octanol–water partition coefficient (Wildman–Crippen LogP) is 2.51. The van der Waals surface area contributed by atoms with Crippen molar-refractivity contribution in [3.63, 3.8) is 0 Å². The molecule has 0 unspecified atom stereocenters. The summed E-state index contributed by atoms with van der Waals surface area (Å²) in [5, 5.41) is 0. The van der Waals surface area contributed by atoms with Crippen LogP contribution in [-0.4, -0.2) is 114 Å². The van der Waals surface area contributed by atoms with Crippen LogP contribution < -0.4 is 0 Å². The summed E-state index contributed by atoms with van der Waals surface area (Å²) in [5.41, 5.74) is 0. The molecule has 0 atom stereocenters. The average molecular weight is 584 g/mol. The summed E-state index contributed by atoms with van der Waals surface area (Å²) >= 11 is 0. The van der Waals surface area contributed by atoms with Crippen molar-refractivity contribution in [1.29, 1.82) is 0 Å². The van der Waals surface area contributed by atoms with Crippen molar-refractivity contribution in [1.82, 2.24) is 9.80 Å². The number of ketones is 2. The van der Waals surface area contributed by atoms with Crippen molar-refractivity contribution in [2.24, 2.45) is 0 Å². The van der Waals surface area contributed by atoms with Gasteiger partial charge in [-0.05, 0) is 12.8 Å². The molecule has 0 spiro atoms. The van der Waals surface area contributed by atoms with Gasteiger partial charge in [-0.15, -0.1) is 0 Å². The van der Waals surface area contributed by atoms with Gasteiger partial charge in [-0.3, -0.25) is 19.2 Å². The van der Waals surface area contributed by atoms with Gasteiger partial charge in [0, 0.05) is 67.5 Å². The smallest absolute Gasteiger partial charge is 0.383 e. The van der Waals surface area contributed by atoms with Crippen LogP contribution in [0.3, 0.4) is 0 Å². The van der Waals surface area contributed by atoms with Gasteiger partial charge in [-0.1, -0.05) is 26.7 Å². The predicted molar refractivity (Wildman–Crippen MR) is 139 cm³/mol. The SMILES string of the molecule is CCCCC(=O)CC(=O)N(CCOC)CCOC.CCCCC(=O)CC(=O)N(CCOC)CCOC.[Zn+2]. The third kappa shape index (κ3) is 24.8. The summed E-state index contributed by atoms with van der Waals surface area (Å²) < 4.78 is 19.8. The molecular weight excluding hydrogens is 534 g/mol. The van der Waals surface area contributed by atoms with E-state index in [-0.39, 0.29) is 55.7 Å². The van der Waals surface area contributed by atoms with Gasteiger partial charge in [0.15, 0.2) is 0 Å². The molecule has 0 radical (unpaired) electrons. The molecule has 0 rings (SSSR count). The van der Waals surface area contributed by atoms with Crippen LogP contribution in [0.1, 0.15) is 65.2 Å². The van der Waals surface area contributed by atoms with Crippen LogP contribution in [0.5, 0.6) is 0 Å². The fraction of sp³-hybridized carbons (Fsp3) is 0.846. The molecule has 10 nitrogen and oxygen atoms in total. The number of ether oxygens (including phenoxy) is 4. The third-order valence-corrected chi connectivity index (χ3v) is 5.28. The summed E-state index contributed by atoms with van der Waals surface area (Å²) in [5.74, 6) is -0.237. The number of unbranched alkanes of at least 4 members (excludes halogenated alkanes) is 2. The number of nitrogens with zero attached hydrogens (tertiary/aromatic N) is 2. The van der Waals surface area contributed by atoms with E-state index in [9.17, 15) is 19.2 Å². The summed E-state index contributed by atoms with van der Waals surface area (Å²) in [7, 11) is 6.35. The first-order chi connectivity index (χ1) is 17.3. The zero-order valence-electron chi connectivity index (χ0n) is 24.2. The Morgan fingerprint density at radius 2 is 0.811 bits per heavy atom. The summed E-state index contributed by atoms with van der Waals surface area (Å²) in [6, 6.07) is 0. The van der Waals surface area contributed by atoms with E-state index in [4.69, 9.17) is 18.9 Å². The monoisotopic (exact) mass is 582 g/mol. The second-order valence-electron chi connectivity index (χ2n) is 8.37. The molecule has 0 aliphatic rings. The van der Waals surface area contributed by atoms with Crippen LogP contribution in [0.25, 0.3) is 0 Å². The Kier molecular flexibility index (Phi) is 31.9. The normalized spacial score (nSPS) is 10.1. The maximum absolute atomic E-state index is 11.9. The molecular formula is C26H50N2O8Zn+2. The molecule has 37 heavy (non-hydrogen) atoms. The van der Waals surface area contributed by atoms with E-state index in [1.807, 2.05) is 13.8 Å². The van der Waals surface area contributed by atoms with E-state index < -0.39 is 0 Å². The number of carbonyl (C=O) groups is 4. The number of hydrogen-bond donors (Lipinski definition) is 0. The minimum absolute atomic E-state index is 0. The molecule has 0 saturated carbocycles. The Morgan fingerprint density at radius 1 is 0.541 bits per heavy atom. The molecule has 0 heterocycles. The Hall–Kier alpha value is -1.26. The van der Waals surface area contributed by atoms with Crippen molar-refractivity contribution < 1.29 is 57.6 Å². The van der Waals surface area contributed by atoms with Gasteiger partial charge >= 0.3 is 19.5 Å². The maximum atomic E-state index is 11.9. The Labute approximate surface area is 236 Å². The quantitative estimate of drug-likeness (QED) is 0.141. The van der Waals surface area contributed by atoms with Crippen molar-refractivity contribution in [2.75, 3.05) is 81.0 Å². The van der Waals surface area contributed by atoms with E-state index in [0.29, 0.717) is 65.4 Å². The van der Waals surface area contributed by atoms with Crippen LogP contribution in [0, 0.1) is 0 Å². The zero-order chi connectivity index (χ0) is 27.6. The van der Waals surface area contributed by atoms with Crippen LogP contribution >= 0.6 is 0 Å². The number of amides is 2. The Bertz CT molecular complexity index is 527. The first-order valence-electron chi connectivity index (χ1n) is 12.9. The van der Waals surface area contributed by atoms with E-state index >= 15 is 0 Å². The fourth-order valence-corrected chi connectivity index (χ4v) is 3.01. The molecule has 0 N–H and O–H groups in total. The number of hydrogen-bond acceptors (Lipinski definition) is 8. The molecule has 0 bridgehead atoms. The molecule has 212 valence electrons. The van der Waals surface area contributed by atoms with E-state index in [0.717, 1.165) is 25.7 Å². The molecule has 0 fully saturated rings. The molecule has 0 aliphatic carbocycles.